The minimum Gasteiger partial charge on any atom is -0.493 e. The lowest BCUT2D eigenvalue weighted by molar-refractivity contribution is -0.116. The summed E-state index contributed by atoms with van der Waals surface area (Å²) in [6.45, 7) is 1.57. The van der Waals surface area contributed by atoms with Crippen LogP contribution in [0.5, 0.6) is 17.2 Å². The van der Waals surface area contributed by atoms with Crippen molar-refractivity contribution in [3.8, 4) is 17.2 Å². The molecule has 132 valence electrons. The summed E-state index contributed by atoms with van der Waals surface area (Å²) in [5.41, 5.74) is 0.667. The Morgan fingerprint density at radius 3 is 2.80 bits per heavy atom. The molecule has 6 heteroatoms. The van der Waals surface area contributed by atoms with Crippen LogP contribution in [0.15, 0.2) is 42.5 Å². The Balaban J connectivity index is 1.44. The van der Waals surface area contributed by atoms with Gasteiger partial charge < -0.3 is 19.5 Å². The fourth-order valence-electron chi connectivity index (χ4n) is 2.44. The van der Waals surface area contributed by atoms with Crippen molar-refractivity contribution >= 4 is 11.6 Å². The molecule has 0 spiro atoms. The number of carbonyl (C=O) groups is 1. The largest absolute Gasteiger partial charge is 0.493 e. The van der Waals surface area contributed by atoms with E-state index >= 15 is 0 Å². The number of benzene rings is 2. The Labute approximate surface area is 145 Å². The summed E-state index contributed by atoms with van der Waals surface area (Å²) in [6, 6.07) is 11.3. The minimum atomic E-state index is -0.343. The van der Waals surface area contributed by atoms with E-state index in [4.69, 9.17) is 14.2 Å². The van der Waals surface area contributed by atoms with E-state index in [2.05, 4.69) is 5.32 Å². The van der Waals surface area contributed by atoms with E-state index in [0.29, 0.717) is 55.6 Å². The zero-order chi connectivity index (χ0) is 17.5. The van der Waals surface area contributed by atoms with Crippen LogP contribution in [0, 0.1) is 5.82 Å². The van der Waals surface area contributed by atoms with Gasteiger partial charge in [0.05, 0.1) is 19.8 Å². The highest BCUT2D eigenvalue weighted by atomic mass is 19.1. The molecule has 1 amide bonds. The van der Waals surface area contributed by atoms with Gasteiger partial charge in [0.1, 0.15) is 11.6 Å². The number of halogens is 1. The van der Waals surface area contributed by atoms with Gasteiger partial charge in [0, 0.05) is 30.7 Å². The van der Waals surface area contributed by atoms with Crippen LogP contribution in [0.4, 0.5) is 10.1 Å². The molecule has 0 saturated carbocycles. The molecule has 2 aromatic carbocycles. The number of anilines is 1. The molecule has 0 bridgehead atoms. The highest BCUT2D eigenvalue weighted by Gasteiger charge is 2.11. The summed E-state index contributed by atoms with van der Waals surface area (Å²) in [4.78, 5) is 12.0. The number of carbonyl (C=O) groups excluding carboxylic acids is 1. The van der Waals surface area contributed by atoms with E-state index in [1.807, 2.05) is 0 Å². The van der Waals surface area contributed by atoms with Gasteiger partial charge in [-0.15, -0.1) is 0 Å². The number of ether oxygens (including phenoxy) is 3. The van der Waals surface area contributed by atoms with Crippen LogP contribution in [-0.4, -0.2) is 25.7 Å². The molecule has 0 radical (unpaired) electrons. The summed E-state index contributed by atoms with van der Waals surface area (Å²) in [5, 5.41) is 2.83. The standard InChI is InChI=1S/C19H20FNO4/c20-14-4-1-5-16(12-14)23-9-2-6-19(22)21-15-7-8-17-18(13-15)25-11-3-10-24-17/h1,4-5,7-8,12-13H,2-3,6,9-11H2,(H,21,22). The first kappa shape index (κ1) is 17.1. The summed E-state index contributed by atoms with van der Waals surface area (Å²) in [6.07, 6.45) is 1.68. The van der Waals surface area contributed by atoms with Crippen LogP contribution >= 0.6 is 0 Å². The summed E-state index contributed by atoms with van der Waals surface area (Å²) in [7, 11) is 0. The van der Waals surface area contributed by atoms with Gasteiger partial charge in [-0.05, 0) is 30.7 Å². The second kappa shape index (κ2) is 8.37. The van der Waals surface area contributed by atoms with Crippen LogP contribution in [-0.2, 0) is 4.79 Å². The molecule has 2 aromatic rings. The second-order valence-corrected chi connectivity index (χ2v) is 5.67. The molecule has 0 aromatic heterocycles. The normalized spacial score (nSPS) is 13.0. The summed E-state index contributed by atoms with van der Waals surface area (Å²) >= 11 is 0. The van der Waals surface area contributed by atoms with Gasteiger partial charge in [-0.1, -0.05) is 6.07 Å². The van der Waals surface area contributed by atoms with E-state index in [-0.39, 0.29) is 11.7 Å². The molecule has 0 aliphatic carbocycles. The SMILES string of the molecule is O=C(CCCOc1cccc(F)c1)Nc1ccc2c(c1)OCCCO2. The third kappa shape index (κ3) is 5.11. The number of hydrogen-bond acceptors (Lipinski definition) is 4. The lowest BCUT2D eigenvalue weighted by Gasteiger charge is -2.10. The quantitative estimate of drug-likeness (QED) is 0.810. The maximum absolute atomic E-state index is 13.0. The molecule has 0 saturated heterocycles. The van der Waals surface area contributed by atoms with Gasteiger partial charge in [-0.25, -0.2) is 4.39 Å². The fraction of sp³-hybridized carbons (Fsp3) is 0.316. The molecule has 25 heavy (non-hydrogen) atoms. The van der Waals surface area contributed by atoms with Gasteiger partial charge >= 0.3 is 0 Å². The van der Waals surface area contributed by atoms with E-state index in [1.54, 1.807) is 30.3 Å². The third-order valence-electron chi connectivity index (χ3n) is 3.64. The molecular formula is C19H20FNO4. The van der Waals surface area contributed by atoms with E-state index in [0.717, 1.165) is 6.42 Å². The van der Waals surface area contributed by atoms with Crippen LogP contribution < -0.4 is 19.5 Å². The topological polar surface area (TPSA) is 56.8 Å². The third-order valence-corrected chi connectivity index (χ3v) is 3.64. The molecular weight excluding hydrogens is 325 g/mol. The molecule has 3 rings (SSSR count). The van der Waals surface area contributed by atoms with E-state index < -0.39 is 0 Å². The van der Waals surface area contributed by atoms with Gasteiger partial charge in [0.15, 0.2) is 11.5 Å². The molecule has 0 fully saturated rings. The number of amides is 1. The fourth-order valence-corrected chi connectivity index (χ4v) is 2.44. The van der Waals surface area contributed by atoms with E-state index in [1.165, 1.54) is 12.1 Å². The number of rotatable bonds is 6. The monoisotopic (exact) mass is 345 g/mol. The Bertz CT molecular complexity index is 735. The van der Waals surface area contributed by atoms with Crippen molar-refractivity contribution < 1.29 is 23.4 Å². The highest BCUT2D eigenvalue weighted by molar-refractivity contribution is 5.91. The maximum atomic E-state index is 13.0. The van der Waals surface area contributed by atoms with Crippen molar-refractivity contribution in [2.45, 2.75) is 19.3 Å². The average Bonchev–Trinajstić information content (AvgIpc) is 2.84. The van der Waals surface area contributed by atoms with Crippen LogP contribution in [0.3, 0.4) is 0 Å². The molecule has 1 heterocycles. The first-order valence-electron chi connectivity index (χ1n) is 8.28. The second-order valence-electron chi connectivity index (χ2n) is 5.67. The molecule has 0 atom stereocenters. The number of fused-ring (bicyclic) bond motifs is 1. The van der Waals surface area contributed by atoms with Crippen molar-refractivity contribution in [2.75, 3.05) is 25.1 Å². The van der Waals surface area contributed by atoms with Gasteiger partial charge in [-0.3, -0.25) is 4.79 Å². The summed E-state index contributed by atoms with van der Waals surface area (Å²) in [5.74, 6) is 1.34. The van der Waals surface area contributed by atoms with Crippen LogP contribution in [0.25, 0.3) is 0 Å². The number of nitrogens with one attached hydrogen (secondary N) is 1. The Hall–Kier alpha value is -2.76. The Kier molecular flexibility index (Phi) is 5.72. The average molecular weight is 345 g/mol. The maximum Gasteiger partial charge on any atom is 0.224 e. The highest BCUT2D eigenvalue weighted by Crippen LogP contribution is 2.32. The lowest BCUT2D eigenvalue weighted by atomic mass is 10.2. The van der Waals surface area contributed by atoms with Crippen molar-refractivity contribution in [3.05, 3.63) is 48.3 Å². The Morgan fingerprint density at radius 2 is 1.96 bits per heavy atom. The minimum absolute atomic E-state index is 0.114. The van der Waals surface area contributed by atoms with Gasteiger partial charge in [0.2, 0.25) is 5.91 Å². The van der Waals surface area contributed by atoms with Gasteiger partial charge in [0.25, 0.3) is 0 Å². The zero-order valence-corrected chi connectivity index (χ0v) is 13.8. The van der Waals surface area contributed by atoms with Crippen molar-refractivity contribution in [2.24, 2.45) is 0 Å². The molecule has 1 N–H and O–H groups in total. The number of hydrogen-bond donors (Lipinski definition) is 1. The Morgan fingerprint density at radius 1 is 1.12 bits per heavy atom. The predicted molar refractivity (Wildman–Crippen MR) is 91.8 cm³/mol. The lowest BCUT2D eigenvalue weighted by Crippen LogP contribution is -2.13. The van der Waals surface area contributed by atoms with Crippen molar-refractivity contribution in [1.82, 2.24) is 0 Å². The molecule has 0 unspecified atom stereocenters. The van der Waals surface area contributed by atoms with Crippen molar-refractivity contribution in [1.29, 1.82) is 0 Å². The smallest absolute Gasteiger partial charge is 0.224 e. The van der Waals surface area contributed by atoms with E-state index in [9.17, 15) is 9.18 Å². The first-order valence-corrected chi connectivity index (χ1v) is 8.28. The van der Waals surface area contributed by atoms with Crippen LogP contribution in [0.2, 0.25) is 0 Å². The molecule has 1 aliphatic heterocycles. The molecule has 5 nitrogen and oxygen atoms in total. The van der Waals surface area contributed by atoms with Crippen LogP contribution in [0.1, 0.15) is 19.3 Å². The summed E-state index contributed by atoms with van der Waals surface area (Å²) < 4.78 is 29.6. The molecule has 1 aliphatic rings. The van der Waals surface area contributed by atoms with Crippen molar-refractivity contribution in [3.63, 3.8) is 0 Å². The van der Waals surface area contributed by atoms with Gasteiger partial charge in [-0.2, -0.15) is 0 Å². The zero-order valence-electron chi connectivity index (χ0n) is 13.8. The predicted octanol–water partition coefficient (Wildman–Crippen LogP) is 3.78. The first-order chi connectivity index (χ1) is 12.2.